The molecule has 3 nitrogen and oxygen atoms in total. The van der Waals surface area contributed by atoms with Gasteiger partial charge in [-0.25, -0.2) is 0 Å². The van der Waals surface area contributed by atoms with Crippen molar-refractivity contribution >= 4 is 5.91 Å². The van der Waals surface area contributed by atoms with Crippen LogP contribution < -0.4 is 5.32 Å². The van der Waals surface area contributed by atoms with Gasteiger partial charge < -0.3 is 10.1 Å². The SMILES string of the molecule is CO[C@H](C)C1CCC2C3C(CC[C@@]21C)[C@@]1(C)C=CC(=O)N[C@@H]1C[C@@H]3C. The lowest BCUT2D eigenvalue weighted by Gasteiger charge is -2.61. The zero-order valence-electron chi connectivity index (χ0n) is 16.5. The Morgan fingerprint density at radius 2 is 2.00 bits per heavy atom. The van der Waals surface area contributed by atoms with E-state index in [-0.39, 0.29) is 11.3 Å². The molecule has 4 aliphatic rings. The average Bonchev–Trinajstić information content (AvgIpc) is 2.93. The molecule has 3 saturated carbocycles. The van der Waals surface area contributed by atoms with Gasteiger partial charge in [-0.1, -0.05) is 26.8 Å². The third kappa shape index (κ3) is 2.37. The van der Waals surface area contributed by atoms with Gasteiger partial charge >= 0.3 is 0 Å². The molecule has 4 unspecified atom stereocenters. The van der Waals surface area contributed by atoms with E-state index in [0.29, 0.717) is 35.3 Å². The van der Waals surface area contributed by atoms with Gasteiger partial charge in [0, 0.05) is 18.6 Å². The van der Waals surface area contributed by atoms with Gasteiger partial charge in [-0.05, 0) is 80.1 Å². The second-order valence-corrected chi connectivity index (χ2v) is 9.93. The first-order chi connectivity index (χ1) is 11.8. The van der Waals surface area contributed by atoms with E-state index >= 15 is 0 Å². The number of carbonyl (C=O) groups excluding carboxylic acids is 1. The van der Waals surface area contributed by atoms with Gasteiger partial charge in [0.15, 0.2) is 0 Å². The van der Waals surface area contributed by atoms with Crippen molar-refractivity contribution in [1.82, 2.24) is 5.32 Å². The van der Waals surface area contributed by atoms with Crippen LogP contribution in [0.5, 0.6) is 0 Å². The van der Waals surface area contributed by atoms with E-state index in [4.69, 9.17) is 4.74 Å². The van der Waals surface area contributed by atoms with Crippen molar-refractivity contribution in [3.05, 3.63) is 12.2 Å². The molecule has 0 aromatic carbocycles. The van der Waals surface area contributed by atoms with Crippen molar-refractivity contribution in [2.45, 2.75) is 71.9 Å². The summed E-state index contributed by atoms with van der Waals surface area (Å²) in [5.74, 6) is 3.79. The lowest BCUT2D eigenvalue weighted by molar-refractivity contribution is -0.128. The largest absolute Gasteiger partial charge is 0.381 e. The molecule has 1 aliphatic heterocycles. The maximum absolute atomic E-state index is 11.9. The normalized spacial score (nSPS) is 52.8. The third-order valence-corrected chi connectivity index (χ3v) is 9.07. The molecule has 0 aromatic rings. The average molecular weight is 346 g/mol. The molecule has 0 spiro atoms. The van der Waals surface area contributed by atoms with Crippen LogP contribution >= 0.6 is 0 Å². The lowest BCUT2D eigenvalue weighted by Crippen LogP contribution is -2.61. The van der Waals surface area contributed by atoms with Crippen LogP contribution in [0, 0.1) is 40.4 Å². The van der Waals surface area contributed by atoms with Gasteiger partial charge in [0.05, 0.1) is 6.10 Å². The molecule has 3 aliphatic carbocycles. The van der Waals surface area contributed by atoms with Crippen LogP contribution in [0.1, 0.15) is 59.8 Å². The molecule has 0 bridgehead atoms. The van der Waals surface area contributed by atoms with E-state index in [1.165, 1.54) is 25.7 Å². The van der Waals surface area contributed by atoms with Crippen LogP contribution in [-0.4, -0.2) is 25.2 Å². The van der Waals surface area contributed by atoms with Crippen LogP contribution in [0.3, 0.4) is 0 Å². The van der Waals surface area contributed by atoms with Gasteiger partial charge in [0.2, 0.25) is 5.91 Å². The van der Waals surface area contributed by atoms with Crippen molar-refractivity contribution in [2.24, 2.45) is 40.4 Å². The number of carbonyl (C=O) groups is 1. The zero-order valence-corrected chi connectivity index (χ0v) is 16.5. The first-order valence-corrected chi connectivity index (χ1v) is 10.3. The fourth-order valence-electron chi connectivity index (χ4n) is 7.66. The molecular weight excluding hydrogens is 310 g/mol. The second kappa shape index (κ2) is 5.84. The van der Waals surface area contributed by atoms with Gasteiger partial charge in [-0.3, -0.25) is 4.79 Å². The number of ether oxygens (including phenoxy) is 1. The summed E-state index contributed by atoms with van der Waals surface area (Å²) in [6.45, 7) is 9.68. The monoisotopic (exact) mass is 345 g/mol. The summed E-state index contributed by atoms with van der Waals surface area (Å²) in [7, 11) is 1.87. The van der Waals surface area contributed by atoms with Gasteiger partial charge in [0.1, 0.15) is 0 Å². The minimum atomic E-state index is 0.101. The van der Waals surface area contributed by atoms with E-state index in [9.17, 15) is 4.79 Å². The van der Waals surface area contributed by atoms with Crippen molar-refractivity contribution in [1.29, 1.82) is 0 Å². The Morgan fingerprint density at radius 3 is 2.72 bits per heavy atom. The number of rotatable bonds is 2. The fraction of sp³-hybridized carbons (Fsp3) is 0.864. The summed E-state index contributed by atoms with van der Waals surface area (Å²) in [5.41, 5.74) is 0.563. The topological polar surface area (TPSA) is 38.3 Å². The molecule has 25 heavy (non-hydrogen) atoms. The van der Waals surface area contributed by atoms with Crippen LogP contribution in [0.4, 0.5) is 0 Å². The molecule has 4 rings (SSSR count). The maximum Gasteiger partial charge on any atom is 0.243 e. The Balaban J connectivity index is 1.68. The molecule has 1 N–H and O–H groups in total. The lowest BCUT2D eigenvalue weighted by atomic mass is 9.45. The van der Waals surface area contributed by atoms with Crippen LogP contribution in [0.15, 0.2) is 12.2 Å². The molecule has 140 valence electrons. The highest BCUT2D eigenvalue weighted by Gasteiger charge is 2.61. The zero-order chi connectivity index (χ0) is 18.0. The third-order valence-electron chi connectivity index (χ3n) is 9.07. The van der Waals surface area contributed by atoms with Gasteiger partial charge in [0.25, 0.3) is 0 Å². The summed E-state index contributed by atoms with van der Waals surface area (Å²) < 4.78 is 5.77. The van der Waals surface area contributed by atoms with Gasteiger partial charge in [-0.2, -0.15) is 0 Å². The Hall–Kier alpha value is -0.830. The standard InChI is InChI=1S/C22H35NO2/c1-13-12-18-22(4,11-9-19(24)23-18)17-8-10-21(3)15(14(2)25-5)6-7-16(21)20(13)17/h9,11,13-18,20H,6-8,10,12H2,1-5H3,(H,23,24)/t13-,14+,15?,16?,17?,18+,20?,21+,22+/m0/s1. The van der Waals surface area contributed by atoms with E-state index in [1.807, 2.05) is 7.11 Å². The molecule has 3 heteroatoms. The first-order valence-electron chi connectivity index (χ1n) is 10.3. The summed E-state index contributed by atoms with van der Waals surface area (Å²) >= 11 is 0. The number of fused-ring (bicyclic) bond motifs is 5. The predicted octanol–water partition coefficient (Wildman–Crippen LogP) is 4.18. The summed E-state index contributed by atoms with van der Waals surface area (Å²) in [5, 5.41) is 3.28. The van der Waals surface area contributed by atoms with Crippen molar-refractivity contribution in [2.75, 3.05) is 7.11 Å². The molecule has 1 heterocycles. The van der Waals surface area contributed by atoms with Gasteiger partial charge in [-0.15, -0.1) is 0 Å². The van der Waals surface area contributed by atoms with E-state index < -0.39 is 0 Å². The molecular formula is C22H35NO2. The fourth-order valence-corrected chi connectivity index (χ4v) is 7.66. The highest BCUT2D eigenvalue weighted by molar-refractivity contribution is 5.89. The van der Waals surface area contributed by atoms with E-state index in [1.54, 1.807) is 6.08 Å². The molecule has 1 amide bonds. The number of hydrogen-bond acceptors (Lipinski definition) is 2. The highest BCUT2D eigenvalue weighted by Crippen LogP contribution is 2.66. The quantitative estimate of drug-likeness (QED) is 0.815. The van der Waals surface area contributed by atoms with Crippen LogP contribution in [-0.2, 0) is 9.53 Å². The maximum atomic E-state index is 11.9. The summed E-state index contributed by atoms with van der Waals surface area (Å²) in [4.78, 5) is 11.9. The minimum absolute atomic E-state index is 0.101. The second-order valence-electron chi connectivity index (χ2n) is 9.93. The molecule has 0 radical (unpaired) electrons. The predicted molar refractivity (Wildman–Crippen MR) is 100.0 cm³/mol. The van der Waals surface area contributed by atoms with Crippen molar-refractivity contribution < 1.29 is 9.53 Å². The Morgan fingerprint density at radius 1 is 1.24 bits per heavy atom. The molecule has 0 aromatic heterocycles. The van der Waals surface area contributed by atoms with Crippen molar-refractivity contribution in [3.63, 3.8) is 0 Å². The number of nitrogens with one attached hydrogen (secondary N) is 1. The number of methoxy groups -OCH3 is 1. The Bertz CT molecular complexity index is 587. The Labute approximate surface area is 153 Å². The van der Waals surface area contributed by atoms with E-state index in [2.05, 4.69) is 39.1 Å². The minimum Gasteiger partial charge on any atom is -0.381 e. The van der Waals surface area contributed by atoms with Crippen LogP contribution in [0.25, 0.3) is 0 Å². The summed E-state index contributed by atoms with van der Waals surface area (Å²) in [6.07, 6.45) is 10.8. The van der Waals surface area contributed by atoms with Crippen molar-refractivity contribution in [3.8, 4) is 0 Å². The number of hydrogen-bond donors (Lipinski definition) is 1. The van der Waals surface area contributed by atoms with Crippen LogP contribution in [0.2, 0.25) is 0 Å². The Kier molecular flexibility index (Phi) is 4.10. The van der Waals surface area contributed by atoms with E-state index in [0.717, 1.165) is 18.3 Å². The summed E-state index contributed by atoms with van der Waals surface area (Å²) in [6, 6.07) is 0.320. The molecule has 3 fully saturated rings. The smallest absolute Gasteiger partial charge is 0.243 e. The molecule has 0 saturated heterocycles. The number of amides is 1. The first kappa shape index (κ1) is 17.6. The highest BCUT2D eigenvalue weighted by atomic mass is 16.5. The molecule has 9 atom stereocenters.